The predicted molar refractivity (Wildman–Crippen MR) is 104 cm³/mol. The van der Waals surface area contributed by atoms with Crippen LogP contribution in [0.5, 0.6) is 0 Å². The lowest BCUT2D eigenvalue weighted by molar-refractivity contribution is -0.117. The molecule has 0 unspecified atom stereocenters. The van der Waals surface area contributed by atoms with Gasteiger partial charge in [0.05, 0.1) is 13.1 Å². The van der Waals surface area contributed by atoms with Gasteiger partial charge in [-0.1, -0.05) is 32.0 Å². The standard InChI is InChI=1S/C19H29N7O/c1-3-9-26-18(21-22-23-26)14-24-10-12-25(13-11-24)15-19(27)20-17-8-6-5-7-16(17)4-2/h5-8H,3-4,9-15H2,1-2H3,(H,20,27). The molecule has 8 heteroatoms. The number of nitrogens with zero attached hydrogens (tertiary/aromatic N) is 6. The number of anilines is 1. The van der Waals surface area contributed by atoms with Crippen LogP contribution in [-0.2, 0) is 24.3 Å². The van der Waals surface area contributed by atoms with E-state index in [1.54, 1.807) is 0 Å². The second-order valence-corrected chi connectivity index (χ2v) is 6.93. The SMILES string of the molecule is CCCn1nnnc1CN1CCN(CC(=O)Nc2ccccc2CC)CC1. The van der Waals surface area contributed by atoms with E-state index >= 15 is 0 Å². The molecular weight excluding hydrogens is 342 g/mol. The number of carbonyl (C=O) groups excluding carboxylic acids is 1. The molecule has 0 aliphatic carbocycles. The lowest BCUT2D eigenvalue weighted by Gasteiger charge is -2.33. The number of nitrogens with one attached hydrogen (secondary N) is 1. The van der Waals surface area contributed by atoms with Crippen molar-refractivity contribution in [3.63, 3.8) is 0 Å². The first-order chi connectivity index (χ1) is 13.2. The van der Waals surface area contributed by atoms with E-state index in [1.807, 2.05) is 22.9 Å². The molecule has 8 nitrogen and oxygen atoms in total. The van der Waals surface area contributed by atoms with Crippen LogP contribution < -0.4 is 5.32 Å². The fourth-order valence-corrected chi connectivity index (χ4v) is 3.37. The van der Waals surface area contributed by atoms with Gasteiger partial charge in [0.15, 0.2) is 5.82 Å². The molecule has 27 heavy (non-hydrogen) atoms. The Labute approximate surface area is 160 Å². The van der Waals surface area contributed by atoms with Crippen LogP contribution >= 0.6 is 0 Å². The monoisotopic (exact) mass is 371 g/mol. The average molecular weight is 371 g/mol. The number of piperazine rings is 1. The topological polar surface area (TPSA) is 79.2 Å². The Bertz CT molecular complexity index is 737. The molecule has 146 valence electrons. The molecular formula is C19H29N7O. The molecule has 1 amide bonds. The largest absolute Gasteiger partial charge is 0.325 e. The van der Waals surface area contributed by atoms with Crippen molar-refractivity contribution in [2.45, 2.75) is 39.8 Å². The summed E-state index contributed by atoms with van der Waals surface area (Å²) >= 11 is 0. The van der Waals surface area contributed by atoms with Crippen molar-refractivity contribution in [3.05, 3.63) is 35.7 Å². The van der Waals surface area contributed by atoms with Gasteiger partial charge in [0.2, 0.25) is 5.91 Å². The highest BCUT2D eigenvalue weighted by atomic mass is 16.2. The number of tetrazole rings is 1. The van der Waals surface area contributed by atoms with Crippen molar-refractivity contribution in [3.8, 4) is 0 Å². The van der Waals surface area contributed by atoms with E-state index in [2.05, 4.69) is 50.6 Å². The maximum atomic E-state index is 12.4. The molecule has 3 rings (SSSR count). The third-order valence-electron chi connectivity index (χ3n) is 4.91. The van der Waals surface area contributed by atoms with E-state index in [-0.39, 0.29) is 5.91 Å². The Morgan fingerprint density at radius 2 is 1.85 bits per heavy atom. The minimum atomic E-state index is 0.0521. The summed E-state index contributed by atoms with van der Waals surface area (Å²) in [6.45, 7) is 9.83. The Hall–Kier alpha value is -2.32. The first-order valence-electron chi connectivity index (χ1n) is 9.77. The Balaban J connectivity index is 1.45. The molecule has 1 aromatic carbocycles. The number of benzene rings is 1. The average Bonchev–Trinajstić information content (AvgIpc) is 3.11. The highest BCUT2D eigenvalue weighted by Gasteiger charge is 2.21. The molecule has 2 heterocycles. The van der Waals surface area contributed by atoms with Crippen molar-refractivity contribution < 1.29 is 4.79 Å². The van der Waals surface area contributed by atoms with E-state index in [1.165, 1.54) is 5.56 Å². The third-order valence-corrected chi connectivity index (χ3v) is 4.91. The maximum absolute atomic E-state index is 12.4. The number of para-hydroxylation sites is 1. The summed E-state index contributed by atoms with van der Waals surface area (Å²) in [5, 5.41) is 15.0. The van der Waals surface area contributed by atoms with Crippen molar-refractivity contribution in [2.24, 2.45) is 0 Å². The second kappa shape index (κ2) is 9.57. The van der Waals surface area contributed by atoms with Gasteiger partial charge in [-0.3, -0.25) is 14.6 Å². The van der Waals surface area contributed by atoms with Crippen LogP contribution in [0.1, 0.15) is 31.7 Å². The summed E-state index contributed by atoms with van der Waals surface area (Å²) in [4.78, 5) is 17.0. The van der Waals surface area contributed by atoms with Gasteiger partial charge >= 0.3 is 0 Å². The van der Waals surface area contributed by atoms with E-state index in [4.69, 9.17) is 0 Å². The Kier molecular flexibility index (Phi) is 6.89. The molecule has 0 saturated carbocycles. The molecule has 1 saturated heterocycles. The van der Waals surface area contributed by atoms with Crippen molar-refractivity contribution >= 4 is 11.6 Å². The van der Waals surface area contributed by atoms with Gasteiger partial charge in [0.25, 0.3) is 0 Å². The molecule has 1 aliphatic heterocycles. The number of amides is 1. The van der Waals surface area contributed by atoms with Crippen molar-refractivity contribution in [1.29, 1.82) is 0 Å². The second-order valence-electron chi connectivity index (χ2n) is 6.93. The van der Waals surface area contributed by atoms with Crippen molar-refractivity contribution in [1.82, 2.24) is 30.0 Å². The predicted octanol–water partition coefficient (Wildman–Crippen LogP) is 1.40. The molecule has 1 aliphatic rings. The number of hydrogen-bond acceptors (Lipinski definition) is 6. The lowest BCUT2D eigenvalue weighted by Crippen LogP contribution is -2.48. The number of rotatable bonds is 8. The first-order valence-corrected chi connectivity index (χ1v) is 9.77. The van der Waals surface area contributed by atoms with Crippen LogP contribution in [0.3, 0.4) is 0 Å². The number of aryl methyl sites for hydroxylation is 2. The van der Waals surface area contributed by atoms with Gasteiger partial charge in [-0.2, -0.15) is 0 Å². The molecule has 1 N–H and O–H groups in total. The van der Waals surface area contributed by atoms with E-state index < -0.39 is 0 Å². The molecule has 0 spiro atoms. The van der Waals surface area contributed by atoms with E-state index in [9.17, 15) is 4.79 Å². The number of carbonyl (C=O) groups is 1. The molecule has 0 atom stereocenters. The quantitative estimate of drug-likeness (QED) is 0.756. The van der Waals surface area contributed by atoms with Gasteiger partial charge in [-0.15, -0.1) is 5.10 Å². The minimum absolute atomic E-state index is 0.0521. The van der Waals surface area contributed by atoms with Gasteiger partial charge < -0.3 is 5.32 Å². The molecule has 2 aromatic rings. The first kappa shape index (κ1) is 19.4. The van der Waals surface area contributed by atoms with Crippen LogP contribution in [0.4, 0.5) is 5.69 Å². The summed E-state index contributed by atoms with van der Waals surface area (Å²) in [6.07, 6.45) is 1.93. The lowest BCUT2D eigenvalue weighted by atomic mass is 10.1. The Morgan fingerprint density at radius 1 is 1.11 bits per heavy atom. The summed E-state index contributed by atoms with van der Waals surface area (Å²) in [5.41, 5.74) is 2.09. The number of hydrogen-bond donors (Lipinski definition) is 1. The van der Waals surface area contributed by atoms with E-state index in [0.717, 1.165) is 63.6 Å². The summed E-state index contributed by atoms with van der Waals surface area (Å²) in [6, 6.07) is 7.99. The zero-order valence-corrected chi connectivity index (χ0v) is 16.3. The normalized spacial score (nSPS) is 15.8. The minimum Gasteiger partial charge on any atom is -0.325 e. The molecule has 0 radical (unpaired) electrons. The summed E-state index contributed by atoms with van der Waals surface area (Å²) < 4.78 is 1.88. The Morgan fingerprint density at radius 3 is 2.59 bits per heavy atom. The maximum Gasteiger partial charge on any atom is 0.238 e. The van der Waals surface area contributed by atoms with Crippen LogP contribution in [0.2, 0.25) is 0 Å². The third kappa shape index (κ3) is 5.33. The fraction of sp³-hybridized carbons (Fsp3) is 0.579. The van der Waals surface area contributed by atoms with Gasteiger partial charge in [-0.05, 0) is 34.9 Å². The highest BCUT2D eigenvalue weighted by Crippen LogP contribution is 2.15. The molecule has 0 bridgehead atoms. The summed E-state index contributed by atoms with van der Waals surface area (Å²) in [5.74, 6) is 0.968. The van der Waals surface area contributed by atoms with Crippen LogP contribution in [0.25, 0.3) is 0 Å². The van der Waals surface area contributed by atoms with Crippen LogP contribution in [0, 0.1) is 0 Å². The van der Waals surface area contributed by atoms with Gasteiger partial charge in [0.1, 0.15) is 0 Å². The molecule has 1 aromatic heterocycles. The highest BCUT2D eigenvalue weighted by molar-refractivity contribution is 5.93. The van der Waals surface area contributed by atoms with E-state index in [0.29, 0.717) is 6.54 Å². The zero-order valence-electron chi connectivity index (χ0n) is 16.3. The van der Waals surface area contributed by atoms with Gasteiger partial charge in [-0.25, -0.2) is 4.68 Å². The fourth-order valence-electron chi connectivity index (χ4n) is 3.37. The van der Waals surface area contributed by atoms with Crippen molar-refractivity contribution in [2.75, 3.05) is 38.0 Å². The zero-order chi connectivity index (χ0) is 19.1. The smallest absolute Gasteiger partial charge is 0.238 e. The van der Waals surface area contributed by atoms with Crippen LogP contribution in [-0.4, -0.2) is 68.6 Å². The molecule has 1 fully saturated rings. The summed E-state index contributed by atoms with van der Waals surface area (Å²) in [7, 11) is 0. The van der Waals surface area contributed by atoms with Crippen LogP contribution in [0.15, 0.2) is 24.3 Å². The van der Waals surface area contributed by atoms with Gasteiger partial charge in [0, 0.05) is 38.4 Å². The number of aromatic nitrogens is 4.